The summed E-state index contributed by atoms with van der Waals surface area (Å²) in [6.07, 6.45) is 9.70. The van der Waals surface area contributed by atoms with Gasteiger partial charge in [-0.05, 0) is 48.9 Å². The number of carbonyl (C=O) groups excluding carboxylic acids is 1. The van der Waals surface area contributed by atoms with E-state index in [0.29, 0.717) is 19.1 Å². The first kappa shape index (κ1) is 18.8. The Morgan fingerprint density at radius 3 is 2.77 bits per heavy atom. The van der Waals surface area contributed by atoms with Crippen LogP contribution in [0.2, 0.25) is 0 Å². The molecule has 2 aromatic rings. The van der Waals surface area contributed by atoms with Crippen LogP contribution >= 0.6 is 11.8 Å². The lowest BCUT2D eigenvalue weighted by atomic mass is 9.94. The fourth-order valence-corrected chi connectivity index (χ4v) is 3.97. The second-order valence-electron chi connectivity index (χ2n) is 6.75. The second-order valence-corrected chi connectivity index (χ2v) is 7.63. The van der Waals surface area contributed by atoms with E-state index in [1.807, 2.05) is 29.2 Å². The van der Waals surface area contributed by atoms with Crippen LogP contribution in [0.15, 0.2) is 53.6 Å². The Labute approximate surface area is 160 Å². The van der Waals surface area contributed by atoms with E-state index >= 15 is 0 Å². The number of amides is 2. The predicted octanol–water partition coefficient (Wildman–Crippen LogP) is 4.85. The molecule has 1 aromatic heterocycles. The standard InChI is InChI=1S/C21H27N3OS/c1-26-20-12-7-8-17(14-20)15-23-21(25)24(19-10-3-2-4-11-19)16-18-9-5-6-13-22-18/h5-9,12-14,19H,2-4,10-11,15-16H2,1H3,(H,23,25). The lowest BCUT2D eigenvalue weighted by Crippen LogP contribution is -2.46. The summed E-state index contributed by atoms with van der Waals surface area (Å²) in [5.74, 6) is 0. The Kier molecular flexibility index (Phi) is 6.95. The Bertz CT molecular complexity index is 701. The van der Waals surface area contributed by atoms with Crippen LogP contribution in [-0.4, -0.2) is 28.2 Å². The minimum atomic E-state index is 0.0112. The third kappa shape index (κ3) is 5.24. The molecule has 3 rings (SSSR count). The number of urea groups is 1. The van der Waals surface area contributed by atoms with Crippen LogP contribution in [-0.2, 0) is 13.1 Å². The number of rotatable bonds is 6. The van der Waals surface area contributed by atoms with Gasteiger partial charge in [-0.3, -0.25) is 4.98 Å². The van der Waals surface area contributed by atoms with E-state index in [9.17, 15) is 4.79 Å². The summed E-state index contributed by atoms with van der Waals surface area (Å²) in [5.41, 5.74) is 2.07. The van der Waals surface area contributed by atoms with Gasteiger partial charge in [0.1, 0.15) is 0 Å². The van der Waals surface area contributed by atoms with Gasteiger partial charge in [0.15, 0.2) is 0 Å². The van der Waals surface area contributed by atoms with Gasteiger partial charge in [-0.25, -0.2) is 4.79 Å². The lowest BCUT2D eigenvalue weighted by molar-refractivity contribution is 0.149. The molecule has 1 saturated carbocycles. The van der Waals surface area contributed by atoms with Crippen LogP contribution in [0.4, 0.5) is 4.79 Å². The van der Waals surface area contributed by atoms with Gasteiger partial charge in [0.25, 0.3) is 0 Å². The first-order chi connectivity index (χ1) is 12.8. The first-order valence-corrected chi connectivity index (χ1v) is 10.6. The zero-order chi connectivity index (χ0) is 18.2. The highest BCUT2D eigenvalue weighted by Crippen LogP contribution is 2.24. The van der Waals surface area contributed by atoms with Gasteiger partial charge in [0.05, 0.1) is 12.2 Å². The maximum absolute atomic E-state index is 13.0. The Balaban J connectivity index is 1.67. The third-order valence-electron chi connectivity index (χ3n) is 4.91. The van der Waals surface area contributed by atoms with Crippen molar-refractivity contribution in [1.29, 1.82) is 0 Å². The van der Waals surface area contributed by atoms with Crippen molar-refractivity contribution >= 4 is 17.8 Å². The Morgan fingerprint density at radius 2 is 2.04 bits per heavy atom. The zero-order valence-electron chi connectivity index (χ0n) is 15.4. The lowest BCUT2D eigenvalue weighted by Gasteiger charge is -2.34. The highest BCUT2D eigenvalue weighted by molar-refractivity contribution is 7.98. The molecule has 2 amide bonds. The molecule has 0 aliphatic heterocycles. The molecule has 138 valence electrons. The maximum Gasteiger partial charge on any atom is 0.318 e. The minimum absolute atomic E-state index is 0.0112. The van der Waals surface area contributed by atoms with Crippen molar-refractivity contribution in [2.75, 3.05) is 6.26 Å². The van der Waals surface area contributed by atoms with E-state index in [1.165, 1.54) is 24.2 Å². The van der Waals surface area contributed by atoms with E-state index in [0.717, 1.165) is 24.1 Å². The van der Waals surface area contributed by atoms with Crippen LogP contribution in [0.5, 0.6) is 0 Å². The molecule has 4 nitrogen and oxygen atoms in total. The Morgan fingerprint density at radius 1 is 1.19 bits per heavy atom. The number of hydrogen-bond donors (Lipinski definition) is 1. The largest absolute Gasteiger partial charge is 0.334 e. The molecule has 26 heavy (non-hydrogen) atoms. The summed E-state index contributed by atoms with van der Waals surface area (Å²) in [6, 6.07) is 14.5. The van der Waals surface area contributed by atoms with Crippen LogP contribution in [0.25, 0.3) is 0 Å². The quantitative estimate of drug-likeness (QED) is 0.741. The van der Waals surface area contributed by atoms with Gasteiger partial charge in [0.2, 0.25) is 0 Å². The zero-order valence-corrected chi connectivity index (χ0v) is 16.2. The molecule has 1 aromatic carbocycles. The second kappa shape index (κ2) is 9.62. The average Bonchev–Trinajstić information content (AvgIpc) is 2.72. The topological polar surface area (TPSA) is 45.2 Å². The fraction of sp³-hybridized carbons (Fsp3) is 0.429. The SMILES string of the molecule is CSc1cccc(CNC(=O)N(Cc2ccccn2)C2CCCCC2)c1. The van der Waals surface area contributed by atoms with E-state index in [4.69, 9.17) is 0 Å². The minimum Gasteiger partial charge on any atom is -0.334 e. The number of thioether (sulfide) groups is 1. The number of nitrogens with zero attached hydrogens (tertiary/aromatic N) is 2. The van der Waals surface area contributed by atoms with Crippen LogP contribution < -0.4 is 5.32 Å². The molecule has 0 spiro atoms. The fourth-order valence-electron chi connectivity index (χ4n) is 3.49. The highest BCUT2D eigenvalue weighted by atomic mass is 32.2. The molecule has 5 heteroatoms. The van der Waals surface area contributed by atoms with Gasteiger partial charge in [-0.2, -0.15) is 0 Å². The molecule has 0 bridgehead atoms. The number of nitrogens with one attached hydrogen (secondary N) is 1. The van der Waals surface area contributed by atoms with Crippen molar-refractivity contribution in [3.63, 3.8) is 0 Å². The first-order valence-electron chi connectivity index (χ1n) is 9.33. The summed E-state index contributed by atoms with van der Waals surface area (Å²) < 4.78 is 0. The van der Waals surface area contributed by atoms with E-state index in [1.54, 1.807) is 18.0 Å². The van der Waals surface area contributed by atoms with Gasteiger partial charge < -0.3 is 10.2 Å². The molecular weight excluding hydrogens is 342 g/mol. The molecule has 0 unspecified atom stereocenters. The average molecular weight is 370 g/mol. The smallest absolute Gasteiger partial charge is 0.318 e. The van der Waals surface area contributed by atoms with Crippen molar-refractivity contribution in [3.8, 4) is 0 Å². The van der Waals surface area contributed by atoms with Crippen LogP contribution in [0.1, 0.15) is 43.4 Å². The predicted molar refractivity (Wildman–Crippen MR) is 107 cm³/mol. The van der Waals surface area contributed by atoms with Crippen molar-refractivity contribution in [2.24, 2.45) is 0 Å². The molecule has 1 N–H and O–H groups in total. The number of pyridine rings is 1. The van der Waals surface area contributed by atoms with Gasteiger partial charge in [-0.15, -0.1) is 11.8 Å². The molecule has 0 atom stereocenters. The monoisotopic (exact) mass is 369 g/mol. The number of benzene rings is 1. The third-order valence-corrected chi connectivity index (χ3v) is 5.64. The number of aromatic nitrogens is 1. The summed E-state index contributed by atoms with van der Waals surface area (Å²) in [4.78, 5) is 20.6. The normalized spacial score (nSPS) is 14.8. The van der Waals surface area contributed by atoms with Gasteiger partial charge >= 0.3 is 6.03 Å². The maximum atomic E-state index is 13.0. The van der Waals surface area contributed by atoms with E-state index < -0.39 is 0 Å². The molecule has 1 aliphatic rings. The van der Waals surface area contributed by atoms with E-state index in [-0.39, 0.29) is 6.03 Å². The van der Waals surface area contributed by atoms with Crippen LogP contribution in [0.3, 0.4) is 0 Å². The molecule has 1 fully saturated rings. The molecular formula is C21H27N3OS. The highest BCUT2D eigenvalue weighted by Gasteiger charge is 2.25. The summed E-state index contributed by atoms with van der Waals surface area (Å²) >= 11 is 1.72. The molecule has 0 radical (unpaired) electrons. The van der Waals surface area contributed by atoms with Gasteiger partial charge in [-0.1, -0.05) is 37.5 Å². The molecule has 1 aliphatic carbocycles. The van der Waals surface area contributed by atoms with Gasteiger partial charge in [0, 0.05) is 23.7 Å². The van der Waals surface area contributed by atoms with Crippen molar-refractivity contribution < 1.29 is 4.79 Å². The summed E-state index contributed by atoms with van der Waals surface area (Å²) in [6.45, 7) is 1.13. The van der Waals surface area contributed by atoms with Crippen molar-refractivity contribution in [2.45, 2.75) is 56.1 Å². The molecule has 1 heterocycles. The van der Waals surface area contributed by atoms with E-state index in [2.05, 4.69) is 34.8 Å². The Hall–Kier alpha value is -2.01. The van der Waals surface area contributed by atoms with Crippen LogP contribution in [0, 0.1) is 0 Å². The summed E-state index contributed by atoms with van der Waals surface area (Å²) in [5, 5.41) is 3.12. The van der Waals surface area contributed by atoms with Crippen molar-refractivity contribution in [3.05, 3.63) is 59.9 Å². The van der Waals surface area contributed by atoms with Crippen molar-refractivity contribution in [1.82, 2.24) is 15.2 Å². The summed E-state index contributed by atoms with van der Waals surface area (Å²) in [7, 11) is 0. The number of carbonyl (C=O) groups is 1. The number of hydrogen-bond acceptors (Lipinski definition) is 3. The molecule has 0 saturated heterocycles.